The fourth-order valence-corrected chi connectivity index (χ4v) is 11.0. The quantitative estimate of drug-likeness (QED) is 0.0786. The molecule has 10 rings (SSSR count). The van der Waals surface area contributed by atoms with E-state index in [1.165, 1.54) is 33.3 Å². The molecule has 1 aromatic heterocycles. The zero-order valence-electron chi connectivity index (χ0n) is 42.1. The van der Waals surface area contributed by atoms with E-state index in [0.29, 0.717) is 27.7 Å². The van der Waals surface area contributed by atoms with E-state index in [-0.39, 0.29) is 89.9 Å². The van der Waals surface area contributed by atoms with Crippen LogP contribution >= 0.6 is 11.6 Å². The summed E-state index contributed by atoms with van der Waals surface area (Å²) in [5.41, 5.74) is -1.66. The minimum atomic E-state index is -1.54. The van der Waals surface area contributed by atoms with E-state index >= 15 is 0 Å². The average molecular weight is 1030 g/mol. The van der Waals surface area contributed by atoms with Gasteiger partial charge in [0.25, 0.3) is 5.91 Å². The van der Waals surface area contributed by atoms with Crippen LogP contribution in [0.5, 0.6) is 28.7 Å². The number of carbonyl (C=O) groups excluding carboxylic acids is 2. The Balaban J connectivity index is 1.09. The number of phenolic OH excluding ortho intramolecular Hbond substituents is 1. The van der Waals surface area contributed by atoms with Crippen molar-refractivity contribution in [3.63, 3.8) is 0 Å². The van der Waals surface area contributed by atoms with Gasteiger partial charge >= 0.3 is 5.97 Å². The van der Waals surface area contributed by atoms with Gasteiger partial charge in [-0.2, -0.15) is 0 Å². The van der Waals surface area contributed by atoms with Gasteiger partial charge < -0.3 is 73.3 Å². The third-order valence-electron chi connectivity index (χ3n) is 14.3. The molecule has 73 heavy (non-hydrogen) atoms. The molecule has 1 amide bonds. The lowest BCUT2D eigenvalue weighted by atomic mass is 9.87. The number of hydrogen-bond acceptors (Lipinski definition) is 17. The predicted octanol–water partition coefficient (Wildman–Crippen LogP) is 4.17. The zero-order valence-corrected chi connectivity index (χ0v) is 42.9. The van der Waals surface area contributed by atoms with Crippen molar-refractivity contribution in [3.05, 3.63) is 70.0 Å². The molecule has 6 heterocycles. The number of likely N-dealkylation sites (N-methyl/N-ethyl adjacent to an activating group) is 1. The Kier molecular flexibility index (Phi) is 14.7. The van der Waals surface area contributed by atoms with E-state index in [1.54, 1.807) is 37.3 Å². The number of aliphatic hydroxyl groups excluding tert-OH is 2. The fraction of sp³-hybridized carbons (Fsp3) is 0.537. The van der Waals surface area contributed by atoms with Crippen molar-refractivity contribution >= 4 is 34.2 Å². The van der Waals surface area contributed by atoms with Gasteiger partial charge in [-0.15, -0.1) is 0 Å². The number of fused-ring (bicyclic) bond motifs is 8. The number of nitrogens with one attached hydrogen (secondary N) is 1. The molecule has 5 aliphatic heterocycles. The standard InChI is InChI=1S/C54H62ClN3O15/c1-26(2)68-41-19-30-18-38(59)36(23-35(30)46(65-8)47(41)66-9)51(62)57-37-21-33-15-16-40(50(55)56-33)71-42-20-32-14-13-29(31(25-67-52(37)63)17-34-22-39(60)45(58(6)7)27(3)69-34)11-10-12-43-54(32,73-43)49(42)72-44-24-53(5,64)48(61)28(4)70-44/h11,15-16,18-20,23,26-28,31,34,37,39,42-45,48-49,59-61,64H,17,21-22,24-25H2,1-9H3,(H,57,62)/t27-,28-,31?,34-,37?,39-,42-,43-,44-,45+,48-,49+,53+,54+/m0/s1. The number of epoxide rings is 1. The summed E-state index contributed by atoms with van der Waals surface area (Å²) >= 11 is 6.88. The number of rotatable bonds is 11. The van der Waals surface area contributed by atoms with E-state index < -0.39 is 84.1 Å². The highest BCUT2D eigenvalue weighted by Gasteiger charge is 2.70. The summed E-state index contributed by atoms with van der Waals surface area (Å²) < 4.78 is 55.8. The summed E-state index contributed by atoms with van der Waals surface area (Å²) in [6.45, 7) is 8.54. The highest BCUT2D eigenvalue weighted by Crippen LogP contribution is 2.54. The van der Waals surface area contributed by atoms with E-state index in [4.69, 9.17) is 54.2 Å². The number of esters is 1. The molecular weight excluding hydrogens is 966 g/mol. The van der Waals surface area contributed by atoms with Crippen LogP contribution in [0.15, 0.2) is 53.6 Å². The Morgan fingerprint density at radius 1 is 1.07 bits per heavy atom. The van der Waals surface area contributed by atoms with Gasteiger partial charge in [0.1, 0.15) is 30.1 Å². The number of benzene rings is 2. The summed E-state index contributed by atoms with van der Waals surface area (Å²) in [4.78, 5) is 35.5. The lowest BCUT2D eigenvalue weighted by Gasteiger charge is -2.43. The van der Waals surface area contributed by atoms with Crippen LogP contribution in [0, 0.1) is 29.6 Å². The number of allylic oxidation sites excluding steroid dienone is 1. The first-order chi connectivity index (χ1) is 34.7. The lowest BCUT2D eigenvalue weighted by Crippen LogP contribution is -2.57. The van der Waals surface area contributed by atoms with E-state index in [2.05, 4.69) is 34.0 Å². The van der Waals surface area contributed by atoms with E-state index in [1.807, 2.05) is 39.8 Å². The van der Waals surface area contributed by atoms with Crippen LogP contribution < -0.4 is 24.3 Å². The third-order valence-corrected chi connectivity index (χ3v) is 14.6. The van der Waals surface area contributed by atoms with Gasteiger partial charge in [0.15, 0.2) is 40.4 Å². The van der Waals surface area contributed by atoms with Crippen LogP contribution in [0.4, 0.5) is 0 Å². The van der Waals surface area contributed by atoms with Crippen LogP contribution in [0.1, 0.15) is 69.9 Å². The second kappa shape index (κ2) is 20.6. The Hall–Kier alpha value is -5.64. The number of methoxy groups -OCH3 is 2. The number of hydrogen-bond donors (Lipinski definition) is 5. The van der Waals surface area contributed by atoms with Crippen molar-refractivity contribution in [1.82, 2.24) is 15.2 Å². The number of ether oxygens (including phenoxy) is 9. The lowest BCUT2D eigenvalue weighted by molar-refractivity contribution is -0.290. The zero-order chi connectivity index (χ0) is 52.3. The molecule has 2 aliphatic carbocycles. The topological polar surface area (TPSA) is 230 Å². The number of amides is 1. The number of aromatic nitrogens is 1. The number of carbonyl (C=O) groups is 2. The number of halogens is 1. The van der Waals surface area contributed by atoms with Gasteiger partial charge in [-0.1, -0.05) is 35.3 Å². The molecule has 3 fully saturated rings. The Labute approximate surface area is 428 Å². The van der Waals surface area contributed by atoms with Gasteiger partial charge in [0.05, 0.1) is 68.6 Å². The first kappa shape index (κ1) is 52.2. The van der Waals surface area contributed by atoms with Crippen LogP contribution in [0.25, 0.3) is 10.8 Å². The number of phenols is 1. The Bertz CT molecular complexity index is 2830. The molecule has 3 saturated heterocycles. The molecule has 2 aromatic carbocycles. The highest BCUT2D eigenvalue weighted by molar-refractivity contribution is 6.30. The molecule has 7 aliphatic rings. The molecule has 5 bridgehead atoms. The second-order valence-corrected chi connectivity index (χ2v) is 20.6. The fourth-order valence-electron chi connectivity index (χ4n) is 10.8. The summed E-state index contributed by atoms with van der Waals surface area (Å²) in [6, 6.07) is 6.04. The minimum absolute atomic E-state index is 0.0695. The molecule has 14 atom stereocenters. The molecule has 0 radical (unpaired) electrons. The first-order valence-electron chi connectivity index (χ1n) is 24.4. The van der Waals surface area contributed by atoms with Gasteiger partial charge in [-0.3, -0.25) is 4.79 Å². The van der Waals surface area contributed by atoms with Crippen molar-refractivity contribution in [2.24, 2.45) is 5.92 Å². The molecule has 19 heteroatoms. The third kappa shape index (κ3) is 10.3. The second-order valence-electron chi connectivity index (χ2n) is 20.2. The normalized spacial score (nSPS) is 33.6. The number of aliphatic hydroxyl groups is 3. The molecule has 18 nitrogen and oxygen atoms in total. The van der Waals surface area contributed by atoms with E-state index in [9.17, 15) is 30.0 Å². The summed E-state index contributed by atoms with van der Waals surface area (Å²) in [5.74, 6) is 11.3. The number of nitrogens with zero attached hydrogens (tertiary/aromatic N) is 2. The van der Waals surface area contributed by atoms with Gasteiger partial charge in [-0.05, 0) is 96.9 Å². The SMILES string of the molecule is COc1c(OC(C)C)cc2cc(O)c(C(=O)NC3Cc4ccc(c(Cl)n4)O[C@H]4C=C5C#CC(=CC#C[C@@H]6O[C@]56[C@@H]4O[C@H]4C[C@@](C)(O)[C@@H](O)[C@H](C)O4)C(C[C@H]4C[C@H](O)[C@H](N(C)C)[C@H](C)O4)COC3=O)cc2c1OC. The predicted molar refractivity (Wildman–Crippen MR) is 264 cm³/mol. The van der Waals surface area contributed by atoms with Crippen LogP contribution in [0.3, 0.4) is 0 Å². The van der Waals surface area contributed by atoms with Crippen molar-refractivity contribution in [3.8, 4) is 52.4 Å². The van der Waals surface area contributed by atoms with Crippen molar-refractivity contribution in [2.45, 2.75) is 145 Å². The maximum absolute atomic E-state index is 14.6. The highest BCUT2D eigenvalue weighted by atomic mass is 35.5. The molecule has 5 N–H and O–H groups in total. The largest absolute Gasteiger partial charge is 0.507 e. The maximum atomic E-state index is 14.6. The molecule has 390 valence electrons. The molecular formula is C54H62ClN3O15. The van der Waals surface area contributed by atoms with Gasteiger partial charge in [0, 0.05) is 53.5 Å². The maximum Gasteiger partial charge on any atom is 0.329 e. The molecule has 0 saturated carbocycles. The van der Waals surface area contributed by atoms with Crippen molar-refractivity contribution < 1.29 is 72.6 Å². The van der Waals surface area contributed by atoms with E-state index in [0.717, 1.165) is 0 Å². The number of aromatic hydroxyl groups is 1. The Morgan fingerprint density at radius 2 is 1.84 bits per heavy atom. The number of pyridine rings is 1. The van der Waals surface area contributed by atoms with Gasteiger partial charge in [0.2, 0.25) is 5.75 Å². The van der Waals surface area contributed by atoms with Crippen LogP contribution in [-0.4, -0.2) is 162 Å². The van der Waals surface area contributed by atoms with Crippen molar-refractivity contribution in [1.29, 1.82) is 0 Å². The van der Waals surface area contributed by atoms with Crippen LogP contribution in [0.2, 0.25) is 5.15 Å². The van der Waals surface area contributed by atoms with Gasteiger partial charge in [-0.25, -0.2) is 9.78 Å². The molecule has 2 unspecified atom stereocenters. The summed E-state index contributed by atoms with van der Waals surface area (Å²) in [5, 5.41) is 48.2. The summed E-state index contributed by atoms with van der Waals surface area (Å²) in [6.07, 6.45) is -3.59. The Morgan fingerprint density at radius 3 is 2.52 bits per heavy atom. The molecule has 1 spiro atoms. The first-order valence-corrected chi connectivity index (χ1v) is 24.8. The minimum Gasteiger partial charge on any atom is -0.507 e. The summed E-state index contributed by atoms with van der Waals surface area (Å²) in [7, 11) is 6.68. The molecule has 3 aromatic rings. The van der Waals surface area contributed by atoms with Crippen LogP contribution in [-0.2, 0) is 34.9 Å². The average Bonchev–Trinajstić information content (AvgIpc) is 3.95. The van der Waals surface area contributed by atoms with Crippen molar-refractivity contribution in [2.75, 3.05) is 34.9 Å². The monoisotopic (exact) mass is 1030 g/mol. The smallest absolute Gasteiger partial charge is 0.329 e.